The topological polar surface area (TPSA) is 109 Å². The van der Waals surface area contributed by atoms with Crippen LogP contribution < -0.4 is 20.7 Å². The molecule has 9 heteroatoms. The first kappa shape index (κ1) is 23.6. The summed E-state index contributed by atoms with van der Waals surface area (Å²) in [6.07, 6.45) is 4.62. The molecule has 4 rings (SSSR count). The molecule has 1 amide bonds. The van der Waals surface area contributed by atoms with Crippen LogP contribution in [0.1, 0.15) is 44.6 Å². The van der Waals surface area contributed by atoms with E-state index in [1.54, 1.807) is 31.4 Å². The first-order valence-corrected chi connectivity index (χ1v) is 13.2. The number of amides is 1. The number of methoxy groups -OCH3 is 1. The molecule has 6 atom stereocenters. The highest BCUT2D eigenvalue weighted by atomic mass is 32.2. The minimum Gasteiger partial charge on any atom is -0.381 e. The lowest BCUT2D eigenvalue weighted by Crippen LogP contribution is -2.45. The normalized spacial score (nSPS) is 32.9. The van der Waals surface area contributed by atoms with Crippen LogP contribution in [0.2, 0.25) is 0 Å². The number of carbonyl (C=O) groups excluding carboxylic acids is 1. The highest BCUT2D eigenvalue weighted by molar-refractivity contribution is 7.89. The number of benzene rings is 1. The van der Waals surface area contributed by atoms with Crippen LogP contribution >= 0.6 is 0 Å². The first-order valence-electron chi connectivity index (χ1n) is 11.7. The Bertz CT molecular complexity index is 878. The molecule has 2 saturated heterocycles. The number of sulfonamides is 1. The van der Waals surface area contributed by atoms with Crippen LogP contribution in [0.3, 0.4) is 0 Å². The van der Waals surface area contributed by atoms with E-state index in [2.05, 4.69) is 27.6 Å². The summed E-state index contributed by atoms with van der Waals surface area (Å²) in [5, 5.41) is 9.84. The van der Waals surface area contributed by atoms with Crippen LogP contribution in [0, 0.1) is 11.8 Å². The number of ether oxygens (including phenoxy) is 1. The SMILES string of the molecule is COC1CCC(NS(=O)(=O)c2ccc(CNC(=O)C3CC4CNCCC4N3)cc2)C(C)C1. The van der Waals surface area contributed by atoms with Gasteiger partial charge in [-0.3, -0.25) is 4.79 Å². The fraction of sp³-hybridized carbons (Fsp3) is 0.696. The van der Waals surface area contributed by atoms with Crippen molar-refractivity contribution < 1.29 is 17.9 Å². The van der Waals surface area contributed by atoms with Crippen LogP contribution in [-0.4, -0.2) is 58.8 Å². The van der Waals surface area contributed by atoms with E-state index in [0.29, 0.717) is 18.5 Å². The Kier molecular flexibility index (Phi) is 7.51. The molecule has 2 heterocycles. The molecule has 1 aliphatic carbocycles. The molecule has 0 spiro atoms. The van der Waals surface area contributed by atoms with Gasteiger partial charge in [-0.1, -0.05) is 19.1 Å². The van der Waals surface area contributed by atoms with E-state index in [9.17, 15) is 13.2 Å². The lowest BCUT2D eigenvalue weighted by Gasteiger charge is -2.33. The van der Waals surface area contributed by atoms with Crippen LogP contribution in [0.4, 0.5) is 0 Å². The smallest absolute Gasteiger partial charge is 0.240 e. The number of hydrogen-bond acceptors (Lipinski definition) is 6. The van der Waals surface area contributed by atoms with Gasteiger partial charge in [0.05, 0.1) is 17.0 Å². The molecule has 32 heavy (non-hydrogen) atoms. The quantitative estimate of drug-likeness (QED) is 0.482. The van der Waals surface area contributed by atoms with Gasteiger partial charge >= 0.3 is 0 Å². The number of carbonyl (C=O) groups is 1. The molecule has 1 saturated carbocycles. The van der Waals surface area contributed by atoms with Gasteiger partial charge in [0.25, 0.3) is 0 Å². The Morgan fingerprint density at radius 3 is 2.62 bits per heavy atom. The lowest BCUT2D eigenvalue weighted by molar-refractivity contribution is -0.123. The van der Waals surface area contributed by atoms with Gasteiger partial charge in [-0.2, -0.15) is 0 Å². The second kappa shape index (κ2) is 10.2. The van der Waals surface area contributed by atoms with Crippen molar-refractivity contribution in [1.29, 1.82) is 0 Å². The predicted octanol–water partition coefficient (Wildman–Crippen LogP) is 1.12. The summed E-state index contributed by atoms with van der Waals surface area (Å²) in [5.41, 5.74) is 0.878. The van der Waals surface area contributed by atoms with Crippen molar-refractivity contribution in [2.75, 3.05) is 20.2 Å². The van der Waals surface area contributed by atoms with E-state index < -0.39 is 10.0 Å². The van der Waals surface area contributed by atoms with E-state index in [-0.39, 0.29) is 34.9 Å². The minimum absolute atomic E-state index is 0.0124. The number of piperidine rings is 1. The maximum atomic E-state index is 12.8. The molecule has 6 unspecified atom stereocenters. The molecule has 1 aromatic rings. The largest absolute Gasteiger partial charge is 0.381 e. The Morgan fingerprint density at radius 2 is 1.94 bits per heavy atom. The predicted molar refractivity (Wildman–Crippen MR) is 123 cm³/mol. The van der Waals surface area contributed by atoms with Gasteiger partial charge in [0.1, 0.15) is 0 Å². The monoisotopic (exact) mass is 464 g/mol. The molecule has 4 N–H and O–H groups in total. The summed E-state index contributed by atoms with van der Waals surface area (Å²) in [5.74, 6) is 0.754. The molecule has 178 valence electrons. The summed E-state index contributed by atoms with van der Waals surface area (Å²) < 4.78 is 34.0. The van der Waals surface area contributed by atoms with Gasteiger partial charge < -0.3 is 20.7 Å². The van der Waals surface area contributed by atoms with Crippen molar-refractivity contribution in [3.63, 3.8) is 0 Å². The Balaban J connectivity index is 1.28. The Labute approximate surface area is 191 Å². The molecule has 3 fully saturated rings. The van der Waals surface area contributed by atoms with Crippen molar-refractivity contribution in [2.45, 2.75) is 74.7 Å². The second-order valence-electron chi connectivity index (χ2n) is 9.55. The summed E-state index contributed by atoms with van der Waals surface area (Å²) in [6.45, 7) is 4.42. The van der Waals surface area contributed by atoms with Crippen molar-refractivity contribution >= 4 is 15.9 Å². The Morgan fingerprint density at radius 1 is 1.16 bits per heavy atom. The van der Waals surface area contributed by atoms with E-state index in [4.69, 9.17) is 4.74 Å². The zero-order valence-electron chi connectivity index (χ0n) is 19.0. The van der Waals surface area contributed by atoms with Gasteiger partial charge in [0, 0.05) is 25.7 Å². The lowest BCUT2D eigenvalue weighted by atomic mass is 9.85. The molecule has 8 nitrogen and oxygen atoms in total. The summed E-state index contributed by atoms with van der Waals surface area (Å²) in [7, 11) is -1.88. The average molecular weight is 465 g/mol. The zero-order valence-corrected chi connectivity index (χ0v) is 19.8. The van der Waals surface area contributed by atoms with Gasteiger partial charge in [-0.05, 0) is 74.7 Å². The summed E-state index contributed by atoms with van der Waals surface area (Å²) in [4.78, 5) is 12.8. The molecule has 0 bridgehead atoms. The molecule has 3 aliphatic rings. The maximum Gasteiger partial charge on any atom is 0.240 e. The van der Waals surface area contributed by atoms with E-state index >= 15 is 0 Å². The van der Waals surface area contributed by atoms with Gasteiger partial charge in [0.15, 0.2) is 0 Å². The van der Waals surface area contributed by atoms with Gasteiger partial charge in [0.2, 0.25) is 15.9 Å². The van der Waals surface area contributed by atoms with Crippen molar-refractivity contribution in [1.82, 2.24) is 20.7 Å². The summed E-state index contributed by atoms with van der Waals surface area (Å²) >= 11 is 0. The fourth-order valence-corrected chi connectivity index (χ4v) is 6.68. The third kappa shape index (κ3) is 5.51. The van der Waals surface area contributed by atoms with Crippen LogP contribution in [0.5, 0.6) is 0 Å². The molecule has 0 aromatic heterocycles. The van der Waals surface area contributed by atoms with Crippen LogP contribution in [0.25, 0.3) is 0 Å². The number of nitrogens with one attached hydrogen (secondary N) is 4. The van der Waals surface area contributed by atoms with Gasteiger partial charge in [-0.25, -0.2) is 13.1 Å². The molecule has 0 radical (unpaired) electrons. The first-order chi connectivity index (χ1) is 15.4. The van der Waals surface area contributed by atoms with E-state index in [1.807, 2.05) is 0 Å². The fourth-order valence-electron chi connectivity index (χ4n) is 5.30. The van der Waals surface area contributed by atoms with Gasteiger partial charge in [-0.15, -0.1) is 0 Å². The second-order valence-corrected chi connectivity index (χ2v) is 11.3. The number of hydrogen-bond donors (Lipinski definition) is 4. The molecular formula is C23H36N4O4S. The number of rotatable bonds is 7. The van der Waals surface area contributed by atoms with Crippen LogP contribution in [0.15, 0.2) is 29.2 Å². The third-order valence-electron chi connectivity index (χ3n) is 7.34. The number of fused-ring (bicyclic) bond motifs is 1. The zero-order chi connectivity index (χ0) is 22.7. The van der Waals surface area contributed by atoms with E-state index in [1.165, 1.54) is 0 Å². The van der Waals surface area contributed by atoms with Crippen molar-refractivity contribution in [2.24, 2.45) is 11.8 Å². The minimum atomic E-state index is -3.58. The summed E-state index contributed by atoms with van der Waals surface area (Å²) in [6, 6.07) is 6.97. The average Bonchev–Trinajstić information content (AvgIpc) is 3.23. The molecule has 1 aromatic carbocycles. The van der Waals surface area contributed by atoms with Crippen molar-refractivity contribution in [3.05, 3.63) is 29.8 Å². The molecular weight excluding hydrogens is 428 g/mol. The highest BCUT2D eigenvalue weighted by Crippen LogP contribution is 2.28. The van der Waals surface area contributed by atoms with E-state index in [0.717, 1.165) is 50.8 Å². The molecule has 2 aliphatic heterocycles. The van der Waals surface area contributed by atoms with Crippen molar-refractivity contribution in [3.8, 4) is 0 Å². The maximum absolute atomic E-state index is 12.8. The third-order valence-corrected chi connectivity index (χ3v) is 8.85. The Hall–Kier alpha value is -1.52. The standard InChI is InChI=1S/C23H36N4O4S/c1-15-11-18(31-2)5-8-20(15)27-32(29,30)19-6-3-16(4-7-19)13-25-23(28)22-12-17-14-24-10-9-21(17)26-22/h3-4,6-7,15,17-18,20-22,24,26-27H,5,8-14H2,1-2H3,(H,25,28). The highest BCUT2D eigenvalue weighted by Gasteiger charge is 2.38. The van der Waals surface area contributed by atoms with Crippen LogP contribution in [-0.2, 0) is 26.1 Å².